The second kappa shape index (κ2) is 6.42. The van der Waals surface area contributed by atoms with Gasteiger partial charge in [0.25, 0.3) is 0 Å². The van der Waals surface area contributed by atoms with Crippen LogP contribution in [0.1, 0.15) is 60.3 Å². The first kappa shape index (κ1) is 13.0. The highest BCUT2D eigenvalue weighted by Gasteiger charge is 2.16. The number of rotatable bonds is 7. The zero-order valence-corrected chi connectivity index (χ0v) is 10.0. The van der Waals surface area contributed by atoms with Crippen molar-refractivity contribution >= 4 is 0 Å². The third kappa shape index (κ3) is 7.06. The van der Waals surface area contributed by atoms with E-state index in [1.54, 1.807) is 0 Å². The highest BCUT2D eigenvalue weighted by molar-refractivity contribution is 4.68. The van der Waals surface area contributed by atoms with E-state index in [-0.39, 0.29) is 5.60 Å². The molecule has 0 saturated heterocycles. The standard InChI is InChI=1S/C12H26O/c1-6-11(3)9-8-10-12(4,5)13-7-2/h11H,6-10H2,1-5H3. The van der Waals surface area contributed by atoms with E-state index in [9.17, 15) is 0 Å². The van der Waals surface area contributed by atoms with E-state index >= 15 is 0 Å². The van der Waals surface area contributed by atoms with E-state index in [2.05, 4.69) is 34.6 Å². The number of ether oxygens (including phenoxy) is 1. The Morgan fingerprint density at radius 1 is 1.23 bits per heavy atom. The topological polar surface area (TPSA) is 9.23 Å². The highest BCUT2D eigenvalue weighted by Crippen LogP contribution is 2.20. The van der Waals surface area contributed by atoms with Gasteiger partial charge in [-0.05, 0) is 33.1 Å². The van der Waals surface area contributed by atoms with E-state index in [1.807, 2.05) is 0 Å². The van der Waals surface area contributed by atoms with E-state index < -0.39 is 0 Å². The van der Waals surface area contributed by atoms with E-state index in [4.69, 9.17) is 4.74 Å². The average Bonchev–Trinajstić information content (AvgIpc) is 2.03. The summed E-state index contributed by atoms with van der Waals surface area (Å²) in [6.45, 7) is 11.9. The first-order valence-corrected chi connectivity index (χ1v) is 5.65. The van der Waals surface area contributed by atoms with Crippen molar-refractivity contribution in [3.63, 3.8) is 0 Å². The summed E-state index contributed by atoms with van der Waals surface area (Å²) in [5, 5.41) is 0. The van der Waals surface area contributed by atoms with Crippen LogP contribution >= 0.6 is 0 Å². The summed E-state index contributed by atoms with van der Waals surface area (Å²) in [7, 11) is 0. The van der Waals surface area contributed by atoms with E-state index in [1.165, 1.54) is 25.7 Å². The lowest BCUT2D eigenvalue weighted by Gasteiger charge is -2.25. The molecule has 0 N–H and O–H groups in total. The molecule has 0 bridgehead atoms. The van der Waals surface area contributed by atoms with Gasteiger partial charge in [-0.25, -0.2) is 0 Å². The largest absolute Gasteiger partial charge is 0.376 e. The maximum absolute atomic E-state index is 5.64. The minimum absolute atomic E-state index is 0.0855. The Morgan fingerprint density at radius 3 is 2.31 bits per heavy atom. The Balaban J connectivity index is 3.50. The Morgan fingerprint density at radius 2 is 1.85 bits per heavy atom. The molecule has 80 valence electrons. The van der Waals surface area contributed by atoms with Crippen molar-refractivity contribution in [3.8, 4) is 0 Å². The van der Waals surface area contributed by atoms with Crippen molar-refractivity contribution < 1.29 is 4.74 Å². The fourth-order valence-electron chi connectivity index (χ4n) is 1.54. The fourth-order valence-corrected chi connectivity index (χ4v) is 1.54. The predicted molar refractivity (Wildman–Crippen MR) is 59.0 cm³/mol. The van der Waals surface area contributed by atoms with Crippen LogP contribution in [0.25, 0.3) is 0 Å². The molecular formula is C12H26O. The van der Waals surface area contributed by atoms with Gasteiger partial charge in [0.2, 0.25) is 0 Å². The molecule has 1 heteroatoms. The first-order chi connectivity index (χ1) is 6.02. The molecule has 0 aliphatic rings. The minimum Gasteiger partial charge on any atom is -0.376 e. The Kier molecular flexibility index (Phi) is 6.40. The van der Waals surface area contributed by atoms with Gasteiger partial charge in [-0.15, -0.1) is 0 Å². The fraction of sp³-hybridized carbons (Fsp3) is 1.00. The Hall–Kier alpha value is -0.0400. The maximum atomic E-state index is 5.64. The summed E-state index contributed by atoms with van der Waals surface area (Å²) in [6.07, 6.45) is 5.12. The summed E-state index contributed by atoms with van der Waals surface area (Å²) >= 11 is 0. The Bertz CT molecular complexity index is 118. The van der Waals surface area contributed by atoms with Gasteiger partial charge < -0.3 is 4.74 Å². The minimum atomic E-state index is 0.0855. The number of hydrogen-bond donors (Lipinski definition) is 0. The lowest BCUT2D eigenvalue weighted by atomic mass is 9.95. The third-order valence-corrected chi connectivity index (χ3v) is 2.71. The third-order valence-electron chi connectivity index (χ3n) is 2.71. The van der Waals surface area contributed by atoms with Crippen LogP contribution in [0.3, 0.4) is 0 Å². The van der Waals surface area contributed by atoms with Gasteiger partial charge in [-0.2, -0.15) is 0 Å². The molecule has 0 aromatic heterocycles. The monoisotopic (exact) mass is 186 g/mol. The molecule has 0 amide bonds. The summed E-state index contributed by atoms with van der Waals surface area (Å²) in [5.41, 5.74) is 0.0855. The van der Waals surface area contributed by atoms with Crippen LogP contribution < -0.4 is 0 Å². The van der Waals surface area contributed by atoms with Crippen LogP contribution in [0.4, 0.5) is 0 Å². The SMILES string of the molecule is CCOC(C)(C)CCCC(C)CC. The van der Waals surface area contributed by atoms with Crippen LogP contribution in [0, 0.1) is 5.92 Å². The van der Waals surface area contributed by atoms with Crippen LogP contribution in [0.5, 0.6) is 0 Å². The summed E-state index contributed by atoms with van der Waals surface area (Å²) in [5.74, 6) is 0.873. The normalized spacial score (nSPS) is 14.5. The molecule has 0 rings (SSSR count). The first-order valence-electron chi connectivity index (χ1n) is 5.65. The van der Waals surface area contributed by atoms with Gasteiger partial charge in [-0.3, -0.25) is 0 Å². The van der Waals surface area contributed by atoms with Crippen LogP contribution in [-0.2, 0) is 4.74 Å². The van der Waals surface area contributed by atoms with Gasteiger partial charge >= 0.3 is 0 Å². The zero-order valence-electron chi connectivity index (χ0n) is 10.0. The molecular weight excluding hydrogens is 160 g/mol. The second-order valence-corrected chi connectivity index (χ2v) is 4.60. The van der Waals surface area contributed by atoms with E-state index in [0.717, 1.165) is 12.5 Å². The molecule has 1 unspecified atom stereocenters. The zero-order chi connectivity index (χ0) is 10.3. The molecule has 13 heavy (non-hydrogen) atoms. The summed E-state index contributed by atoms with van der Waals surface area (Å²) < 4.78 is 5.64. The lowest BCUT2D eigenvalue weighted by Crippen LogP contribution is -2.24. The molecule has 0 fully saturated rings. The molecule has 0 heterocycles. The molecule has 0 spiro atoms. The summed E-state index contributed by atoms with van der Waals surface area (Å²) in [6, 6.07) is 0. The maximum Gasteiger partial charge on any atom is 0.0626 e. The molecule has 0 saturated carbocycles. The smallest absolute Gasteiger partial charge is 0.0626 e. The van der Waals surface area contributed by atoms with Crippen LogP contribution in [0.15, 0.2) is 0 Å². The van der Waals surface area contributed by atoms with Crippen molar-refractivity contribution in [2.75, 3.05) is 6.61 Å². The molecule has 0 aromatic carbocycles. The van der Waals surface area contributed by atoms with Crippen LogP contribution in [-0.4, -0.2) is 12.2 Å². The molecule has 0 aromatic rings. The van der Waals surface area contributed by atoms with Crippen molar-refractivity contribution in [2.24, 2.45) is 5.92 Å². The van der Waals surface area contributed by atoms with Gasteiger partial charge in [0.1, 0.15) is 0 Å². The second-order valence-electron chi connectivity index (χ2n) is 4.60. The quantitative estimate of drug-likeness (QED) is 0.583. The van der Waals surface area contributed by atoms with Crippen molar-refractivity contribution in [2.45, 2.75) is 65.9 Å². The molecule has 0 aliphatic carbocycles. The van der Waals surface area contributed by atoms with Crippen LogP contribution in [0.2, 0.25) is 0 Å². The predicted octanol–water partition coefficient (Wildman–Crippen LogP) is 4.02. The van der Waals surface area contributed by atoms with Gasteiger partial charge in [-0.1, -0.05) is 33.1 Å². The van der Waals surface area contributed by atoms with Gasteiger partial charge in [0.05, 0.1) is 5.60 Å². The molecule has 0 aliphatic heterocycles. The average molecular weight is 186 g/mol. The van der Waals surface area contributed by atoms with Crippen molar-refractivity contribution in [1.82, 2.24) is 0 Å². The van der Waals surface area contributed by atoms with Crippen molar-refractivity contribution in [3.05, 3.63) is 0 Å². The molecule has 0 radical (unpaired) electrons. The van der Waals surface area contributed by atoms with E-state index in [0.29, 0.717) is 0 Å². The molecule has 1 atom stereocenters. The van der Waals surface area contributed by atoms with Crippen molar-refractivity contribution in [1.29, 1.82) is 0 Å². The Labute approximate surface area is 83.9 Å². The van der Waals surface area contributed by atoms with Gasteiger partial charge in [0, 0.05) is 6.61 Å². The number of hydrogen-bond acceptors (Lipinski definition) is 1. The van der Waals surface area contributed by atoms with Gasteiger partial charge in [0.15, 0.2) is 0 Å². The molecule has 1 nitrogen and oxygen atoms in total. The lowest BCUT2D eigenvalue weighted by molar-refractivity contribution is -0.0182. The summed E-state index contributed by atoms with van der Waals surface area (Å²) in [4.78, 5) is 0. The highest BCUT2D eigenvalue weighted by atomic mass is 16.5.